The van der Waals surface area contributed by atoms with Crippen molar-refractivity contribution in [3.05, 3.63) is 59.7 Å². The van der Waals surface area contributed by atoms with Crippen LogP contribution in [0.25, 0.3) is 0 Å². The van der Waals surface area contributed by atoms with Gasteiger partial charge >= 0.3 is 0 Å². The van der Waals surface area contributed by atoms with E-state index in [0.29, 0.717) is 17.0 Å². The van der Waals surface area contributed by atoms with Gasteiger partial charge in [-0.3, -0.25) is 9.59 Å². The van der Waals surface area contributed by atoms with Crippen molar-refractivity contribution in [3.63, 3.8) is 0 Å². The van der Waals surface area contributed by atoms with E-state index in [2.05, 4.69) is 31.4 Å². The summed E-state index contributed by atoms with van der Waals surface area (Å²) >= 11 is 0. The molecule has 5 heteroatoms. The second kappa shape index (κ2) is 8.52. The monoisotopic (exact) mass is 354 g/mol. The highest BCUT2D eigenvalue weighted by Gasteiger charge is 2.14. The molecule has 0 saturated heterocycles. The first-order valence-electron chi connectivity index (χ1n) is 8.62. The number of hydrogen-bond acceptors (Lipinski definition) is 3. The number of rotatable bonds is 6. The van der Waals surface area contributed by atoms with Crippen LogP contribution in [-0.4, -0.2) is 25.5 Å². The molecule has 2 N–H and O–H groups in total. The van der Waals surface area contributed by atoms with Gasteiger partial charge in [-0.2, -0.15) is 0 Å². The third kappa shape index (κ3) is 5.62. The summed E-state index contributed by atoms with van der Waals surface area (Å²) in [6.07, 6.45) is 0.197. The molecule has 0 aromatic heterocycles. The van der Waals surface area contributed by atoms with Gasteiger partial charge in [-0.15, -0.1) is 0 Å². The molecule has 0 radical (unpaired) electrons. The third-order valence-corrected chi connectivity index (χ3v) is 4.00. The first-order valence-corrected chi connectivity index (χ1v) is 8.62. The van der Waals surface area contributed by atoms with Crippen molar-refractivity contribution in [1.82, 2.24) is 5.32 Å². The van der Waals surface area contributed by atoms with Gasteiger partial charge in [0.2, 0.25) is 5.91 Å². The van der Waals surface area contributed by atoms with Crippen LogP contribution in [0.5, 0.6) is 5.75 Å². The van der Waals surface area contributed by atoms with E-state index in [1.165, 1.54) is 5.56 Å². The van der Waals surface area contributed by atoms with Crippen LogP contribution in [0.15, 0.2) is 48.5 Å². The van der Waals surface area contributed by atoms with E-state index in [4.69, 9.17) is 4.74 Å². The summed E-state index contributed by atoms with van der Waals surface area (Å²) in [6, 6.07) is 14.7. The second-order valence-corrected chi connectivity index (χ2v) is 7.11. The maximum absolute atomic E-state index is 12.2. The molecule has 0 heterocycles. The number of ether oxygens (including phenoxy) is 1. The van der Waals surface area contributed by atoms with E-state index in [-0.39, 0.29) is 30.2 Å². The first kappa shape index (κ1) is 19.5. The number of methoxy groups -OCH3 is 1. The molecule has 2 amide bonds. The van der Waals surface area contributed by atoms with Crippen LogP contribution in [0.3, 0.4) is 0 Å². The normalized spacial score (nSPS) is 10.9. The van der Waals surface area contributed by atoms with Gasteiger partial charge in [0.05, 0.1) is 7.11 Å². The lowest BCUT2D eigenvalue weighted by atomic mass is 9.87. The molecule has 5 nitrogen and oxygen atoms in total. The van der Waals surface area contributed by atoms with Crippen molar-refractivity contribution < 1.29 is 14.3 Å². The van der Waals surface area contributed by atoms with Crippen LogP contribution < -0.4 is 15.4 Å². The van der Waals surface area contributed by atoms with Gasteiger partial charge in [-0.1, -0.05) is 39.0 Å². The van der Waals surface area contributed by atoms with Gasteiger partial charge in [0.1, 0.15) is 5.75 Å². The summed E-state index contributed by atoms with van der Waals surface area (Å²) < 4.78 is 5.12. The largest absolute Gasteiger partial charge is 0.497 e. The van der Waals surface area contributed by atoms with Gasteiger partial charge in [0.25, 0.3) is 5.91 Å². The summed E-state index contributed by atoms with van der Waals surface area (Å²) in [5, 5.41) is 5.56. The molecule has 0 atom stereocenters. The summed E-state index contributed by atoms with van der Waals surface area (Å²) in [5.41, 5.74) is 2.48. The molecule has 2 aromatic carbocycles. The zero-order valence-corrected chi connectivity index (χ0v) is 15.8. The molecule has 0 aliphatic carbocycles. The number of benzene rings is 2. The molecule has 2 aromatic rings. The molecule has 0 unspecified atom stereocenters. The fraction of sp³-hybridized carbons (Fsp3) is 0.333. The fourth-order valence-electron chi connectivity index (χ4n) is 2.44. The zero-order valence-electron chi connectivity index (χ0n) is 15.8. The minimum Gasteiger partial charge on any atom is -0.497 e. The summed E-state index contributed by atoms with van der Waals surface area (Å²) in [6.45, 7) is 6.66. The van der Waals surface area contributed by atoms with E-state index < -0.39 is 0 Å². The highest BCUT2D eigenvalue weighted by Crippen LogP contribution is 2.22. The Morgan fingerprint density at radius 1 is 1.04 bits per heavy atom. The SMILES string of the molecule is COc1cccc(NC(=O)CCNC(=O)c2ccc(C(C)(C)C)cc2)c1. The van der Waals surface area contributed by atoms with Crippen LogP contribution in [0, 0.1) is 0 Å². The molecular weight excluding hydrogens is 328 g/mol. The number of hydrogen-bond donors (Lipinski definition) is 2. The molecule has 0 bridgehead atoms. The maximum atomic E-state index is 12.2. The zero-order chi connectivity index (χ0) is 19.2. The Hall–Kier alpha value is -2.82. The predicted molar refractivity (Wildman–Crippen MR) is 104 cm³/mol. The van der Waals surface area contributed by atoms with E-state index in [1.54, 1.807) is 31.4 Å². The van der Waals surface area contributed by atoms with E-state index in [1.807, 2.05) is 24.3 Å². The third-order valence-electron chi connectivity index (χ3n) is 4.00. The van der Waals surface area contributed by atoms with Crippen LogP contribution in [-0.2, 0) is 10.2 Å². The molecule has 0 saturated carbocycles. The molecule has 0 aliphatic heterocycles. The lowest BCUT2D eigenvalue weighted by Crippen LogP contribution is -2.27. The minimum absolute atomic E-state index is 0.0488. The van der Waals surface area contributed by atoms with Gasteiger partial charge in [0.15, 0.2) is 0 Å². The number of anilines is 1. The number of carbonyl (C=O) groups excluding carboxylic acids is 2. The van der Waals surface area contributed by atoms with Crippen LogP contribution in [0.4, 0.5) is 5.69 Å². The second-order valence-electron chi connectivity index (χ2n) is 7.11. The van der Waals surface area contributed by atoms with E-state index in [9.17, 15) is 9.59 Å². The number of amides is 2. The van der Waals surface area contributed by atoms with Gasteiger partial charge in [0, 0.05) is 30.3 Å². The Bertz CT molecular complexity index is 762. The smallest absolute Gasteiger partial charge is 0.251 e. The van der Waals surface area contributed by atoms with Crippen molar-refractivity contribution in [1.29, 1.82) is 0 Å². The molecule has 0 fully saturated rings. The summed E-state index contributed by atoms with van der Waals surface area (Å²) in [7, 11) is 1.57. The Morgan fingerprint density at radius 2 is 1.73 bits per heavy atom. The lowest BCUT2D eigenvalue weighted by Gasteiger charge is -2.19. The van der Waals surface area contributed by atoms with Crippen molar-refractivity contribution in [2.45, 2.75) is 32.6 Å². The van der Waals surface area contributed by atoms with Crippen LogP contribution in [0.1, 0.15) is 43.1 Å². The van der Waals surface area contributed by atoms with Crippen molar-refractivity contribution >= 4 is 17.5 Å². The van der Waals surface area contributed by atoms with Crippen molar-refractivity contribution in [2.75, 3.05) is 19.0 Å². The topological polar surface area (TPSA) is 67.4 Å². The summed E-state index contributed by atoms with van der Waals surface area (Å²) in [4.78, 5) is 24.2. The van der Waals surface area contributed by atoms with Crippen molar-refractivity contribution in [3.8, 4) is 5.75 Å². The Labute approximate surface area is 154 Å². The van der Waals surface area contributed by atoms with Crippen LogP contribution in [0.2, 0.25) is 0 Å². The quantitative estimate of drug-likeness (QED) is 0.830. The first-order chi connectivity index (χ1) is 12.3. The molecule has 0 aliphatic rings. The number of nitrogens with one attached hydrogen (secondary N) is 2. The highest BCUT2D eigenvalue weighted by molar-refractivity contribution is 5.95. The molecule has 26 heavy (non-hydrogen) atoms. The van der Waals surface area contributed by atoms with Crippen molar-refractivity contribution in [2.24, 2.45) is 0 Å². The van der Waals surface area contributed by atoms with E-state index >= 15 is 0 Å². The predicted octanol–water partition coefficient (Wildman–Crippen LogP) is 3.75. The van der Waals surface area contributed by atoms with Gasteiger partial charge in [-0.25, -0.2) is 0 Å². The van der Waals surface area contributed by atoms with E-state index in [0.717, 1.165) is 0 Å². The summed E-state index contributed by atoms with van der Waals surface area (Å²) in [5.74, 6) is 0.330. The lowest BCUT2D eigenvalue weighted by molar-refractivity contribution is -0.116. The van der Waals surface area contributed by atoms with Gasteiger partial charge < -0.3 is 15.4 Å². The number of carbonyl (C=O) groups is 2. The Morgan fingerprint density at radius 3 is 2.35 bits per heavy atom. The Kier molecular flexibility index (Phi) is 6.39. The minimum atomic E-state index is -0.181. The van der Waals surface area contributed by atoms with Gasteiger partial charge in [-0.05, 0) is 35.2 Å². The molecule has 138 valence electrons. The average molecular weight is 354 g/mol. The van der Waals surface area contributed by atoms with Crippen LogP contribution >= 0.6 is 0 Å². The standard InChI is InChI=1S/C21H26N2O3/c1-21(2,3)16-10-8-15(9-11-16)20(25)22-13-12-19(24)23-17-6-5-7-18(14-17)26-4/h5-11,14H,12-13H2,1-4H3,(H,22,25)(H,23,24). The Balaban J connectivity index is 1.81. The highest BCUT2D eigenvalue weighted by atomic mass is 16.5. The fourth-order valence-corrected chi connectivity index (χ4v) is 2.44. The molecular formula is C21H26N2O3. The maximum Gasteiger partial charge on any atom is 0.251 e. The molecule has 0 spiro atoms. The average Bonchev–Trinajstić information content (AvgIpc) is 2.61. The molecule has 2 rings (SSSR count).